The normalized spacial score (nSPS) is 23.1. The molecule has 1 aliphatic carbocycles. The monoisotopic (exact) mass is 487 g/mol. The van der Waals surface area contributed by atoms with E-state index in [1.54, 1.807) is 0 Å². The number of aryl methyl sites for hydroxylation is 1. The van der Waals surface area contributed by atoms with E-state index in [4.69, 9.17) is 20.7 Å². The molecule has 4 rings (SSSR count). The lowest BCUT2D eigenvalue weighted by Gasteiger charge is -2.28. The Bertz CT molecular complexity index is 828. The van der Waals surface area contributed by atoms with Gasteiger partial charge in [0, 0.05) is 36.5 Å². The Morgan fingerprint density at radius 1 is 1.03 bits per heavy atom. The van der Waals surface area contributed by atoms with Crippen molar-refractivity contribution in [3.8, 4) is 0 Å². The fourth-order valence-electron chi connectivity index (χ4n) is 4.77. The van der Waals surface area contributed by atoms with Crippen LogP contribution >= 0.6 is 0 Å². The first kappa shape index (κ1) is 27.8. The summed E-state index contributed by atoms with van der Waals surface area (Å²) < 4.78 is 31.7. The molecule has 0 amide bonds. The average Bonchev–Trinajstić information content (AvgIpc) is 3.51. The first-order valence-corrected chi connectivity index (χ1v) is 11.8. The topological polar surface area (TPSA) is 107 Å². The summed E-state index contributed by atoms with van der Waals surface area (Å²) in [5.74, 6) is -3.38. The Balaban J connectivity index is 0.000000225. The van der Waals surface area contributed by atoms with Crippen molar-refractivity contribution in [2.75, 3.05) is 30.3 Å². The second-order valence-corrected chi connectivity index (χ2v) is 9.28. The van der Waals surface area contributed by atoms with Crippen molar-refractivity contribution >= 4 is 23.3 Å². The molecule has 2 heterocycles. The van der Waals surface area contributed by atoms with Crippen LogP contribution in [-0.2, 0) is 9.59 Å². The number of alkyl halides is 3. The highest BCUT2D eigenvalue weighted by Crippen LogP contribution is 2.29. The minimum atomic E-state index is -5.08. The Kier molecular flexibility index (Phi) is 10.0. The SMILES string of the molecule is Cc1cc(N2CC[C@H](N3CCC[C@@H]3C)C2)ccc1N.O=C(O)C(F)(F)F.O=C(O)C1CCCC1. The molecule has 4 N–H and O–H groups in total. The summed E-state index contributed by atoms with van der Waals surface area (Å²) in [4.78, 5) is 24.3. The maximum absolute atomic E-state index is 10.6. The minimum Gasteiger partial charge on any atom is -0.481 e. The van der Waals surface area contributed by atoms with Gasteiger partial charge in [0.1, 0.15) is 0 Å². The van der Waals surface area contributed by atoms with Crippen molar-refractivity contribution in [1.29, 1.82) is 0 Å². The van der Waals surface area contributed by atoms with E-state index < -0.39 is 18.1 Å². The Hall–Kier alpha value is -2.49. The lowest BCUT2D eigenvalue weighted by atomic mass is 10.1. The van der Waals surface area contributed by atoms with Crippen LogP contribution in [0.2, 0.25) is 0 Å². The second kappa shape index (κ2) is 12.3. The van der Waals surface area contributed by atoms with Crippen LogP contribution < -0.4 is 10.6 Å². The fraction of sp³-hybridized carbons (Fsp3) is 0.667. The quantitative estimate of drug-likeness (QED) is 0.538. The number of anilines is 2. The highest BCUT2D eigenvalue weighted by Gasteiger charge is 2.38. The summed E-state index contributed by atoms with van der Waals surface area (Å²) in [6.45, 7) is 8.11. The molecule has 0 aromatic heterocycles. The van der Waals surface area contributed by atoms with E-state index in [-0.39, 0.29) is 5.92 Å². The first-order valence-electron chi connectivity index (χ1n) is 11.8. The molecule has 1 aromatic carbocycles. The number of benzene rings is 1. The lowest BCUT2D eigenvalue weighted by Crippen LogP contribution is -2.39. The van der Waals surface area contributed by atoms with Crippen LogP contribution in [0.3, 0.4) is 0 Å². The van der Waals surface area contributed by atoms with Crippen molar-refractivity contribution in [2.24, 2.45) is 5.92 Å². The maximum Gasteiger partial charge on any atom is 0.490 e. The van der Waals surface area contributed by atoms with Crippen molar-refractivity contribution < 1.29 is 33.0 Å². The molecule has 7 nitrogen and oxygen atoms in total. The van der Waals surface area contributed by atoms with E-state index in [1.807, 2.05) is 6.07 Å². The van der Waals surface area contributed by atoms with Gasteiger partial charge in [-0.2, -0.15) is 13.2 Å². The van der Waals surface area contributed by atoms with Gasteiger partial charge in [-0.15, -0.1) is 0 Å². The number of carbonyl (C=O) groups is 2. The number of nitrogens with zero attached hydrogens (tertiary/aromatic N) is 2. The van der Waals surface area contributed by atoms with Gasteiger partial charge in [-0.1, -0.05) is 12.8 Å². The minimum absolute atomic E-state index is 0.0185. The number of rotatable bonds is 3. The van der Waals surface area contributed by atoms with Crippen LogP contribution in [-0.4, -0.2) is 64.9 Å². The van der Waals surface area contributed by atoms with Gasteiger partial charge in [-0.05, 0) is 76.3 Å². The predicted octanol–water partition coefficient (Wildman–Crippen LogP) is 4.53. The molecule has 192 valence electrons. The number of hydrogen-bond donors (Lipinski definition) is 3. The largest absolute Gasteiger partial charge is 0.490 e. The zero-order valence-corrected chi connectivity index (χ0v) is 19.9. The van der Waals surface area contributed by atoms with Crippen LogP contribution in [0.25, 0.3) is 0 Å². The lowest BCUT2D eigenvalue weighted by molar-refractivity contribution is -0.192. The third-order valence-corrected chi connectivity index (χ3v) is 6.80. The summed E-state index contributed by atoms with van der Waals surface area (Å²) in [7, 11) is 0. The smallest absolute Gasteiger partial charge is 0.481 e. The average molecular weight is 488 g/mol. The molecule has 1 saturated carbocycles. The Morgan fingerprint density at radius 2 is 1.65 bits per heavy atom. The second-order valence-electron chi connectivity index (χ2n) is 9.28. The number of likely N-dealkylation sites (tertiary alicyclic amines) is 1. The standard InChI is InChI=1S/C16H25N3.C6H10O2.C2HF3O2/c1-12-10-14(5-6-16(12)17)18-9-7-15(11-18)19-8-3-4-13(19)2;7-6(8)5-3-1-2-4-5;3-2(4,5)1(6)7/h5-6,10,13,15H,3-4,7-9,11,17H2,1-2H3;5H,1-4H2,(H,7,8);(H,6,7)/t13-,15-;;/m0../s1. The number of carboxylic acid groups (broad SMARTS) is 2. The van der Waals surface area contributed by atoms with E-state index in [9.17, 15) is 18.0 Å². The van der Waals surface area contributed by atoms with Crippen LogP contribution in [0, 0.1) is 12.8 Å². The summed E-state index contributed by atoms with van der Waals surface area (Å²) in [6, 6.07) is 7.95. The van der Waals surface area contributed by atoms with Crippen LogP contribution in [0.15, 0.2) is 18.2 Å². The Morgan fingerprint density at radius 3 is 2.09 bits per heavy atom. The molecular formula is C24H36F3N3O4. The highest BCUT2D eigenvalue weighted by atomic mass is 19.4. The predicted molar refractivity (Wildman–Crippen MR) is 125 cm³/mol. The molecule has 0 bridgehead atoms. The summed E-state index contributed by atoms with van der Waals surface area (Å²) in [5.41, 5.74) is 9.33. The van der Waals surface area contributed by atoms with Gasteiger partial charge >= 0.3 is 18.1 Å². The van der Waals surface area contributed by atoms with Crippen molar-refractivity contribution in [3.05, 3.63) is 23.8 Å². The van der Waals surface area contributed by atoms with E-state index >= 15 is 0 Å². The maximum atomic E-state index is 10.6. The van der Waals surface area contributed by atoms with E-state index in [0.29, 0.717) is 0 Å². The van der Waals surface area contributed by atoms with Gasteiger partial charge in [0.05, 0.1) is 5.92 Å². The molecule has 3 aliphatic rings. The molecular weight excluding hydrogens is 451 g/mol. The molecule has 34 heavy (non-hydrogen) atoms. The number of nitrogen functional groups attached to an aromatic ring is 1. The Labute approximate surface area is 198 Å². The van der Waals surface area contributed by atoms with Gasteiger partial charge in [0.2, 0.25) is 0 Å². The third kappa shape index (κ3) is 8.07. The number of halogens is 3. The molecule has 2 aliphatic heterocycles. The van der Waals surface area contributed by atoms with Crippen molar-refractivity contribution in [3.63, 3.8) is 0 Å². The van der Waals surface area contributed by atoms with Crippen molar-refractivity contribution in [2.45, 2.75) is 77.1 Å². The first-order chi connectivity index (χ1) is 15.9. The van der Waals surface area contributed by atoms with E-state index in [2.05, 4.69) is 35.8 Å². The van der Waals surface area contributed by atoms with E-state index in [0.717, 1.165) is 43.5 Å². The molecule has 2 atom stereocenters. The van der Waals surface area contributed by atoms with Gasteiger partial charge < -0.3 is 20.8 Å². The van der Waals surface area contributed by atoms with Crippen LogP contribution in [0.1, 0.15) is 57.4 Å². The number of nitrogens with two attached hydrogens (primary N) is 1. The van der Waals surface area contributed by atoms with Crippen LogP contribution in [0.4, 0.5) is 24.5 Å². The number of carboxylic acids is 2. The molecule has 0 unspecified atom stereocenters. The highest BCUT2D eigenvalue weighted by molar-refractivity contribution is 5.73. The summed E-state index contributed by atoms with van der Waals surface area (Å²) >= 11 is 0. The van der Waals surface area contributed by atoms with Gasteiger partial charge in [0.25, 0.3) is 0 Å². The summed E-state index contributed by atoms with van der Waals surface area (Å²) in [6.07, 6.45) is 2.97. The zero-order valence-electron chi connectivity index (χ0n) is 19.9. The van der Waals surface area contributed by atoms with E-state index in [1.165, 1.54) is 50.1 Å². The molecule has 2 saturated heterocycles. The van der Waals surface area contributed by atoms with Gasteiger partial charge in [-0.3, -0.25) is 9.69 Å². The van der Waals surface area contributed by atoms with Gasteiger partial charge in [0.15, 0.2) is 0 Å². The number of aliphatic carboxylic acids is 2. The van der Waals surface area contributed by atoms with Crippen LogP contribution in [0.5, 0.6) is 0 Å². The molecule has 0 radical (unpaired) electrons. The number of hydrogen-bond acceptors (Lipinski definition) is 5. The van der Waals surface area contributed by atoms with Gasteiger partial charge in [-0.25, -0.2) is 4.79 Å². The third-order valence-electron chi connectivity index (χ3n) is 6.80. The fourth-order valence-corrected chi connectivity index (χ4v) is 4.77. The molecule has 3 fully saturated rings. The zero-order chi connectivity index (χ0) is 25.5. The van der Waals surface area contributed by atoms with Crippen molar-refractivity contribution in [1.82, 2.24) is 4.90 Å². The molecule has 0 spiro atoms. The molecule has 1 aromatic rings. The summed E-state index contributed by atoms with van der Waals surface area (Å²) in [5, 5.41) is 15.5. The molecule has 10 heteroatoms.